The zero-order chi connectivity index (χ0) is 23.6. The van der Waals surface area contributed by atoms with Gasteiger partial charge in [0.05, 0.1) is 17.3 Å². The lowest BCUT2D eigenvalue weighted by Crippen LogP contribution is -2.31. The predicted octanol–water partition coefficient (Wildman–Crippen LogP) is 2.60. The topological polar surface area (TPSA) is 102 Å². The Kier molecular flexibility index (Phi) is 6.47. The first kappa shape index (κ1) is 22.8. The summed E-state index contributed by atoms with van der Waals surface area (Å²) in [4.78, 5) is 40.1. The quantitative estimate of drug-likeness (QED) is 0.452. The molecule has 3 rings (SSSR count). The van der Waals surface area contributed by atoms with Gasteiger partial charge in [-0.15, -0.1) is 0 Å². The molecule has 0 bridgehead atoms. The second-order valence-corrected chi connectivity index (χ2v) is 7.61. The molecule has 0 spiro atoms. The average molecular weight is 440 g/mol. The zero-order valence-electron chi connectivity index (χ0n) is 18.3. The van der Waals surface area contributed by atoms with E-state index < -0.39 is 29.6 Å². The van der Waals surface area contributed by atoms with Crippen molar-refractivity contribution in [2.75, 3.05) is 26.5 Å². The highest BCUT2D eigenvalue weighted by atomic mass is 19.1. The summed E-state index contributed by atoms with van der Waals surface area (Å²) < 4.78 is 13.7. The summed E-state index contributed by atoms with van der Waals surface area (Å²) in [5, 5.41) is 16.5. The van der Waals surface area contributed by atoms with Gasteiger partial charge in [0.1, 0.15) is 17.2 Å². The summed E-state index contributed by atoms with van der Waals surface area (Å²) in [7, 11) is 4.45. The molecule has 9 heteroatoms. The number of benzene rings is 2. The molecule has 3 amide bonds. The Morgan fingerprint density at radius 2 is 1.78 bits per heavy atom. The first-order valence-electron chi connectivity index (χ1n) is 10.0. The Hall–Kier alpha value is -3.88. The lowest BCUT2D eigenvalue weighted by molar-refractivity contribution is -0.136. The van der Waals surface area contributed by atoms with Gasteiger partial charge in [0, 0.05) is 21.1 Å². The third kappa shape index (κ3) is 4.27. The molecule has 1 aliphatic heterocycles. The summed E-state index contributed by atoms with van der Waals surface area (Å²) in [5.41, 5.74) is 0.693. The number of rotatable bonds is 7. The van der Waals surface area contributed by atoms with Gasteiger partial charge < -0.3 is 20.6 Å². The molecular weight excluding hydrogens is 415 g/mol. The minimum atomic E-state index is -0.602. The molecule has 1 aliphatic rings. The van der Waals surface area contributed by atoms with Crippen LogP contribution in [0.4, 0.5) is 10.1 Å². The Bertz CT molecular complexity index is 1110. The van der Waals surface area contributed by atoms with Crippen molar-refractivity contribution in [3.63, 3.8) is 0 Å². The highest BCUT2D eigenvalue weighted by Gasteiger charge is 2.37. The van der Waals surface area contributed by atoms with Crippen molar-refractivity contribution in [2.45, 2.75) is 19.4 Å². The van der Waals surface area contributed by atoms with Gasteiger partial charge in [0.2, 0.25) is 0 Å². The number of phenols is 1. The van der Waals surface area contributed by atoms with E-state index in [1.165, 1.54) is 36.2 Å². The van der Waals surface area contributed by atoms with Crippen LogP contribution < -0.4 is 10.6 Å². The van der Waals surface area contributed by atoms with E-state index in [0.29, 0.717) is 12.0 Å². The first-order valence-corrected chi connectivity index (χ1v) is 10.0. The van der Waals surface area contributed by atoms with Crippen LogP contribution in [0.15, 0.2) is 53.9 Å². The molecule has 0 saturated carbocycles. The van der Waals surface area contributed by atoms with Crippen LogP contribution >= 0.6 is 0 Å². The number of aromatic hydroxyl groups is 1. The van der Waals surface area contributed by atoms with Gasteiger partial charge in [-0.25, -0.2) is 4.39 Å². The minimum absolute atomic E-state index is 0.00245. The number of hydrogen-bond donors (Lipinski definition) is 3. The normalized spacial score (nSPS) is 14.6. The number of carbonyl (C=O) groups excluding carboxylic acids is 3. The van der Waals surface area contributed by atoms with E-state index in [0.717, 1.165) is 4.90 Å². The Morgan fingerprint density at radius 1 is 1.12 bits per heavy atom. The van der Waals surface area contributed by atoms with Gasteiger partial charge in [-0.2, -0.15) is 0 Å². The molecule has 0 radical (unpaired) electrons. The predicted molar refractivity (Wildman–Crippen MR) is 117 cm³/mol. The fraction of sp³-hybridized carbons (Fsp3) is 0.261. The third-order valence-corrected chi connectivity index (χ3v) is 5.20. The molecule has 1 atom stereocenters. The van der Waals surface area contributed by atoms with Crippen LogP contribution in [0.25, 0.3) is 0 Å². The largest absolute Gasteiger partial charge is 0.505 e. The molecule has 2 aromatic rings. The summed E-state index contributed by atoms with van der Waals surface area (Å²) >= 11 is 0. The van der Waals surface area contributed by atoms with Crippen LogP contribution in [0.2, 0.25) is 0 Å². The van der Waals surface area contributed by atoms with Crippen molar-refractivity contribution in [1.82, 2.24) is 15.1 Å². The molecule has 168 valence electrons. The number of imide groups is 1. The number of carbonyl (C=O) groups is 3. The van der Waals surface area contributed by atoms with Crippen LogP contribution in [0, 0.1) is 5.82 Å². The van der Waals surface area contributed by atoms with E-state index >= 15 is 0 Å². The van der Waals surface area contributed by atoms with Gasteiger partial charge in [-0.05, 0) is 36.2 Å². The number of likely N-dealkylation sites (N-methyl/N-ethyl adjacent to an activating group) is 1. The maximum absolute atomic E-state index is 13.7. The summed E-state index contributed by atoms with van der Waals surface area (Å²) in [6.07, 6.45) is 0.517. The maximum Gasteiger partial charge on any atom is 0.279 e. The number of nitrogens with one attached hydrogen (secondary N) is 2. The minimum Gasteiger partial charge on any atom is -0.505 e. The van der Waals surface area contributed by atoms with Crippen molar-refractivity contribution in [3.8, 4) is 5.75 Å². The Balaban J connectivity index is 2.00. The summed E-state index contributed by atoms with van der Waals surface area (Å²) in [5.74, 6) is -2.33. The molecule has 2 aromatic carbocycles. The van der Waals surface area contributed by atoms with Crippen LogP contribution in [0.1, 0.15) is 35.3 Å². The van der Waals surface area contributed by atoms with Gasteiger partial charge >= 0.3 is 0 Å². The second kappa shape index (κ2) is 9.09. The summed E-state index contributed by atoms with van der Waals surface area (Å²) in [6, 6.07) is 10.1. The number of halogens is 1. The van der Waals surface area contributed by atoms with Crippen molar-refractivity contribution in [1.29, 1.82) is 0 Å². The van der Waals surface area contributed by atoms with Crippen LogP contribution in [0.3, 0.4) is 0 Å². The van der Waals surface area contributed by atoms with E-state index in [4.69, 9.17) is 0 Å². The van der Waals surface area contributed by atoms with Gasteiger partial charge in [0.25, 0.3) is 17.7 Å². The van der Waals surface area contributed by atoms with E-state index in [1.54, 1.807) is 32.3 Å². The molecule has 8 nitrogen and oxygen atoms in total. The summed E-state index contributed by atoms with van der Waals surface area (Å²) in [6.45, 7) is 1.86. The van der Waals surface area contributed by atoms with Crippen LogP contribution in [-0.4, -0.2) is 53.8 Å². The lowest BCUT2D eigenvalue weighted by atomic mass is 10.0. The molecule has 0 aliphatic carbocycles. The monoisotopic (exact) mass is 440 g/mol. The lowest BCUT2D eigenvalue weighted by Gasteiger charge is -2.20. The highest BCUT2D eigenvalue weighted by molar-refractivity contribution is 6.20. The van der Waals surface area contributed by atoms with Crippen LogP contribution in [0.5, 0.6) is 5.75 Å². The first-order chi connectivity index (χ1) is 15.1. The Labute approximate surface area is 185 Å². The second-order valence-electron chi connectivity index (χ2n) is 7.61. The van der Waals surface area contributed by atoms with Gasteiger partial charge in [-0.1, -0.05) is 25.1 Å². The van der Waals surface area contributed by atoms with E-state index in [-0.39, 0.29) is 28.4 Å². The fourth-order valence-corrected chi connectivity index (χ4v) is 3.40. The molecule has 0 unspecified atom stereocenters. The number of phenolic OH excluding ortho intramolecular Hbond substituents is 1. The SMILES string of the molecule is CC[C@@H](NC1=C(Nc2cccc(C(=O)N(C)C)c2O)C(=O)N(C)C1=O)c1cccc(F)c1. The number of hydrogen-bond acceptors (Lipinski definition) is 6. The average Bonchev–Trinajstić information content (AvgIpc) is 2.96. The van der Waals surface area contributed by atoms with E-state index in [9.17, 15) is 23.9 Å². The van der Waals surface area contributed by atoms with Crippen molar-refractivity contribution < 1.29 is 23.9 Å². The molecule has 3 N–H and O–H groups in total. The van der Waals surface area contributed by atoms with Crippen molar-refractivity contribution in [3.05, 3.63) is 70.8 Å². The number of anilines is 1. The number of para-hydroxylation sites is 1. The molecule has 0 saturated heterocycles. The van der Waals surface area contributed by atoms with E-state index in [1.807, 2.05) is 6.92 Å². The molecule has 0 fully saturated rings. The Morgan fingerprint density at radius 3 is 2.41 bits per heavy atom. The highest BCUT2D eigenvalue weighted by Crippen LogP contribution is 2.32. The third-order valence-electron chi connectivity index (χ3n) is 5.20. The van der Waals surface area contributed by atoms with Crippen molar-refractivity contribution >= 4 is 23.4 Å². The van der Waals surface area contributed by atoms with Gasteiger partial charge in [0.15, 0.2) is 5.75 Å². The molecular formula is C23H25FN4O4. The molecule has 1 heterocycles. The molecule has 0 aromatic heterocycles. The van der Waals surface area contributed by atoms with Crippen LogP contribution in [-0.2, 0) is 9.59 Å². The fourth-order valence-electron chi connectivity index (χ4n) is 3.40. The smallest absolute Gasteiger partial charge is 0.279 e. The van der Waals surface area contributed by atoms with E-state index in [2.05, 4.69) is 10.6 Å². The standard InChI is InChI=1S/C23H25FN4O4/c1-5-16(13-8-6-9-14(24)12-13)25-18-19(23(32)28(4)22(18)31)26-17-11-7-10-15(20(17)29)21(30)27(2)3/h6-12,16,25-26,29H,5H2,1-4H3/t16-/m1/s1. The zero-order valence-corrected chi connectivity index (χ0v) is 18.3. The van der Waals surface area contributed by atoms with Crippen molar-refractivity contribution in [2.24, 2.45) is 0 Å². The number of nitrogens with zero attached hydrogens (tertiary/aromatic N) is 2. The molecule has 32 heavy (non-hydrogen) atoms. The van der Waals surface area contributed by atoms with Gasteiger partial charge in [-0.3, -0.25) is 19.3 Å². The number of amides is 3. The maximum atomic E-state index is 13.7.